The number of nitrogens with zero attached hydrogens (tertiary/aromatic N) is 3. The molecule has 0 atom stereocenters. The molecule has 0 bridgehead atoms. The molecule has 0 spiro atoms. The molecule has 64 valence electrons. The summed E-state index contributed by atoms with van der Waals surface area (Å²) < 4.78 is 0. The van der Waals surface area contributed by atoms with Gasteiger partial charge in [0.2, 0.25) is 0 Å². The van der Waals surface area contributed by atoms with Crippen LogP contribution in [0.25, 0.3) is 0 Å². The van der Waals surface area contributed by atoms with E-state index in [1.807, 2.05) is 20.9 Å². The average molecular weight is 156 g/mol. The Balaban J connectivity index is 4.08. The van der Waals surface area contributed by atoms with E-state index >= 15 is 0 Å². The summed E-state index contributed by atoms with van der Waals surface area (Å²) in [6, 6.07) is 0. The van der Waals surface area contributed by atoms with Crippen molar-refractivity contribution in [2.45, 2.75) is 13.8 Å². The summed E-state index contributed by atoms with van der Waals surface area (Å²) in [6.45, 7) is 4.69. The zero-order valence-electron chi connectivity index (χ0n) is 7.63. The normalized spacial score (nSPS) is 13.4. The van der Waals surface area contributed by atoms with Crippen LogP contribution in [0.5, 0.6) is 0 Å². The molecule has 0 aromatic carbocycles. The summed E-state index contributed by atoms with van der Waals surface area (Å²) >= 11 is 0. The van der Waals surface area contributed by atoms with Gasteiger partial charge in [0.1, 0.15) is 5.84 Å². The summed E-state index contributed by atoms with van der Waals surface area (Å²) in [5.74, 6) is 1.13. The van der Waals surface area contributed by atoms with E-state index in [2.05, 4.69) is 20.5 Å². The molecular weight excluding hydrogens is 140 g/mol. The summed E-state index contributed by atoms with van der Waals surface area (Å²) in [4.78, 5) is 4.18. The van der Waals surface area contributed by atoms with E-state index in [4.69, 9.17) is 0 Å². The van der Waals surface area contributed by atoms with Crippen molar-refractivity contribution in [2.24, 2.45) is 21.1 Å². The predicted molar refractivity (Wildman–Crippen MR) is 47.0 cm³/mol. The Morgan fingerprint density at radius 2 is 2.09 bits per heavy atom. The lowest BCUT2D eigenvalue weighted by atomic mass is 10.2. The summed E-state index contributed by atoms with van der Waals surface area (Å²) in [6.07, 6.45) is 0. The Morgan fingerprint density at radius 1 is 1.45 bits per heavy atom. The lowest BCUT2D eigenvalue weighted by molar-refractivity contribution is 0.794. The average Bonchev–Trinajstić information content (AvgIpc) is 1.97. The lowest BCUT2D eigenvalue weighted by Gasteiger charge is -2.01. The molecule has 0 radical (unpaired) electrons. The summed E-state index contributed by atoms with van der Waals surface area (Å²) in [5.41, 5.74) is 0. The maximum absolute atomic E-state index is 4.18. The van der Waals surface area contributed by atoms with Crippen LogP contribution < -0.4 is 5.32 Å². The van der Waals surface area contributed by atoms with Gasteiger partial charge in [-0.05, 0) is 7.05 Å². The molecule has 0 aliphatic rings. The van der Waals surface area contributed by atoms with E-state index in [1.54, 1.807) is 7.05 Å². The van der Waals surface area contributed by atoms with Crippen LogP contribution in [-0.2, 0) is 0 Å². The van der Waals surface area contributed by atoms with Gasteiger partial charge >= 0.3 is 0 Å². The minimum Gasteiger partial charge on any atom is -0.301 e. The molecule has 11 heavy (non-hydrogen) atoms. The van der Waals surface area contributed by atoms with Crippen molar-refractivity contribution >= 4 is 5.84 Å². The molecule has 0 aromatic heterocycles. The molecule has 4 nitrogen and oxygen atoms in total. The first-order valence-corrected chi connectivity index (χ1v) is 3.71. The molecule has 0 amide bonds. The molecule has 0 saturated carbocycles. The monoisotopic (exact) mass is 156 g/mol. The Kier molecular flexibility index (Phi) is 5.56. The minimum absolute atomic E-state index is 0.340. The standard InChI is InChI=1S/C7H16N4/c1-6(2)7(11-9-4)10-5-8-3/h6,8H,5H2,1-4H3/b10-7-,11-9+. The number of hydrogen-bond donors (Lipinski definition) is 1. The third-order valence-electron chi connectivity index (χ3n) is 1.12. The fourth-order valence-electron chi connectivity index (χ4n) is 0.592. The lowest BCUT2D eigenvalue weighted by Crippen LogP contribution is -2.11. The molecule has 0 aromatic rings. The zero-order valence-corrected chi connectivity index (χ0v) is 7.63. The number of aliphatic imine (C=N–C) groups is 1. The van der Waals surface area contributed by atoms with Crippen LogP contribution in [0.3, 0.4) is 0 Å². The van der Waals surface area contributed by atoms with Crippen LogP contribution in [0.15, 0.2) is 15.2 Å². The zero-order chi connectivity index (χ0) is 8.69. The van der Waals surface area contributed by atoms with Crippen molar-refractivity contribution in [1.82, 2.24) is 5.32 Å². The van der Waals surface area contributed by atoms with Crippen molar-refractivity contribution in [2.75, 3.05) is 20.8 Å². The van der Waals surface area contributed by atoms with Crippen LogP contribution in [0.4, 0.5) is 0 Å². The number of hydrogen-bond acceptors (Lipinski definition) is 3. The molecule has 0 aliphatic heterocycles. The second-order valence-electron chi connectivity index (χ2n) is 2.48. The number of rotatable bonds is 3. The van der Waals surface area contributed by atoms with Crippen molar-refractivity contribution in [3.8, 4) is 0 Å². The van der Waals surface area contributed by atoms with Crippen molar-refractivity contribution in [3.05, 3.63) is 0 Å². The molecule has 0 rings (SSSR count). The number of amidine groups is 1. The first-order valence-electron chi connectivity index (χ1n) is 3.71. The highest BCUT2D eigenvalue weighted by Crippen LogP contribution is 1.98. The smallest absolute Gasteiger partial charge is 0.149 e. The van der Waals surface area contributed by atoms with E-state index < -0.39 is 0 Å². The first kappa shape index (κ1) is 10.2. The maximum atomic E-state index is 4.18. The van der Waals surface area contributed by atoms with Gasteiger partial charge in [0.15, 0.2) is 0 Å². The Hall–Kier alpha value is -0.770. The molecule has 0 fully saturated rings. The second kappa shape index (κ2) is 5.97. The van der Waals surface area contributed by atoms with Gasteiger partial charge in [-0.3, -0.25) is 4.99 Å². The van der Waals surface area contributed by atoms with E-state index in [-0.39, 0.29) is 0 Å². The van der Waals surface area contributed by atoms with Crippen LogP contribution >= 0.6 is 0 Å². The van der Waals surface area contributed by atoms with Gasteiger partial charge in [-0.1, -0.05) is 13.8 Å². The van der Waals surface area contributed by atoms with Crippen LogP contribution in [0.2, 0.25) is 0 Å². The maximum Gasteiger partial charge on any atom is 0.149 e. The van der Waals surface area contributed by atoms with Gasteiger partial charge < -0.3 is 5.32 Å². The Bertz CT molecular complexity index is 149. The molecule has 0 heterocycles. The van der Waals surface area contributed by atoms with E-state index in [0.29, 0.717) is 12.6 Å². The second-order valence-corrected chi connectivity index (χ2v) is 2.48. The van der Waals surface area contributed by atoms with Gasteiger partial charge in [-0.2, -0.15) is 5.11 Å². The first-order chi connectivity index (χ1) is 5.22. The highest BCUT2D eigenvalue weighted by atomic mass is 15.1. The van der Waals surface area contributed by atoms with E-state index in [0.717, 1.165) is 5.84 Å². The summed E-state index contributed by atoms with van der Waals surface area (Å²) in [7, 11) is 3.50. The molecular formula is C7H16N4. The van der Waals surface area contributed by atoms with Crippen LogP contribution in [-0.4, -0.2) is 26.6 Å². The van der Waals surface area contributed by atoms with E-state index in [1.165, 1.54) is 0 Å². The van der Waals surface area contributed by atoms with Crippen LogP contribution in [0, 0.1) is 5.92 Å². The minimum atomic E-state index is 0.340. The third kappa shape index (κ3) is 4.61. The quantitative estimate of drug-likeness (QED) is 0.374. The molecule has 4 heteroatoms. The van der Waals surface area contributed by atoms with Gasteiger partial charge in [0, 0.05) is 13.0 Å². The highest BCUT2D eigenvalue weighted by Gasteiger charge is 2.01. The SMILES string of the molecule is C/N=N/C(=N\CNC)C(C)C. The van der Waals surface area contributed by atoms with Crippen molar-refractivity contribution in [3.63, 3.8) is 0 Å². The highest BCUT2D eigenvalue weighted by molar-refractivity contribution is 5.84. The Morgan fingerprint density at radius 3 is 2.45 bits per heavy atom. The van der Waals surface area contributed by atoms with Gasteiger partial charge in [-0.25, -0.2) is 0 Å². The van der Waals surface area contributed by atoms with Gasteiger partial charge in [-0.15, -0.1) is 5.11 Å². The Labute approximate surface area is 67.8 Å². The van der Waals surface area contributed by atoms with Gasteiger partial charge in [0.05, 0.1) is 6.67 Å². The summed E-state index contributed by atoms with van der Waals surface area (Å²) in [5, 5.41) is 10.5. The fraction of sp³-hybridized carbons (Fsp3) is 0.857. The van der Waals surface area contributed by atoms with Crippen molar-refractivity contribution < 1.29 is 0 Å². The predicted octanol–water partition coefficient (Wildman–Crippen LogP) is 1.30. The van der Waals surface area contributed by atoms with Crippen molar-refractivity contribution in [1.29, 1.82) is 0 Å². The molecule has 1 N–H and O–H groups in total. The topological polar surface area (TPSA) is 49.1 Å². The van der Waals surface area contributed by atoms with Gasteiger partial charge in [0.25, 0.3) is 0 Å². The van der Waals surface area contributed by atoms with Crippen LogP contribution in [0.1, 0.15) is 13.8 Å². The molecule has 0 saturated heterocycles. The molecule has 0 unspecified atom stereocenters. The number of azo groups is 1. The van der Waals surface area contributed by atoms with E-state index in [9.17, 15) is 0 Å². The third-order valence-corrected chi connectivity index (χ3v) is 1.12. The fourth-order valence-corrected chi connectivity index (χ4v) is 0.592. The molecule has 0 aliphatic carbocycles. The number of nitrogens with one attached hydrogen (secondary N) is 1. The largest absolute Gasteiger partial charge is 0.301 e.